The molecule has 5 rings (SSSR count). The van der Waals surface area contributed by atoms with Gasteiger partial charge < -0.3 is 4.90 Å². The van der Waals surface area contributed by atoms with E-state index in [0.717, 1.165) is 17.1 Å². The molecule has 0 bridgehead atoms. The molecule has 5 aromatic carbocycles. The third kappa shape index (κ3) is 6.99. The van der Waals surface area contributed by atoms with E-state index in [1.807, 2.05) is 0 Å². The van der Waals surface area contributed by atoms with Crippen molar-refractivity contribution in [2.45, 2.75) is 79.1 Å². The lowest BCUT2D eigenvalue weighted by atomic mass is 9.72. The van der Waals surface area contributed by atoms with E-state index >= 15 is 0 Å². The van der Waals surface area contributed by atoms with Crippen LogP contribution >= 0.6 is 0 Å². The lowest BCUT2D eigenvalue weighted by Crippen LogP contribution is -2.20. The standard InChI is InChI=1S/C43H49N/c1-41(2,3)35-21-27-38(28-22-35)44(39-29-23-36(24-30-39)42(4,5)6)37-25-19-34(20-26-37)40(43(7,8)9)33-17-15-32(16-18-33)31-13-11-10-12-14-31/h10-30,40H,1-9H3. The maximum absolute atomic E-state index is 2.38. The van der Waals surface area contributed by atoms with E-state index in [-0.39, 0.29) is 22.2 Å². The lowest BCUT2D eigenvalue weighted by molar-refractivity contribution is 0.358. The highest BCUT2D eigenvalue weighted by atomic mass is 15.1. The maximum Gasteiger partial charge on any atom is 0.0461 e. The zero-order valence-corrected chi connectivity index (χ0v) is 28.1. The first-order valence-corrected chi connectivity index (χ1v) is 16.0. The van der Waals surface area contributed by atoms with Crippen LogP contribution in [0.15, 0.2) is 127 Å². The van der Waals surface area contributed by atoms with Gasteiger partial charge in [0.15, 0.2) is 0 Å². The highest BCUT2D eigenvalue weighted by Crippen LogP contribution is 2.43. The van der Waals surface area contributed by atoms with E-state index in [1.54, 1.807) is 0 Å². The van der Waals surface area contributed by atoms with Crippen LogP contribution in [-0.4, -0.2) is 0 Å². The van der Waals surface area contributed by atoms with Gasteiger partial charge in [-0.1, -0.05) is 153 Å². The molecule has 0 radical (unpaired) electrons. The van der Waals surface area contributed by atoms with Gasteiger partial charge in [0.2, 0.25) is 0 Å². The summed E-state index contributed by atoms with van der Waals surface area (Å²) in [4.78, 5) is 2.38. The summed E-state index contributed by atoms with van der Waals surface area (Å²) in [7, 11) is 0. The van der Waals surface area contributed by atoms with Crippen LogP contribution < -0.4 is 4.90 Å². The molecule has 0 aliphatic rings. The van der Waals surface area contributed by atoms with Gasteiger partial charge in [0.1, 0.15) is 0 Å². The van der Waals surface area contributed by atoms with Crippen molar-refractivity contribution in [3.05, 3.63) is 150 Å². The topological polar surface area (TPSA) is 3.24 Å². The van der Waals surface area contributed by atoms with Crippen molar-refractivity contribution in [3.8, 4) is 11.1 Å². The molecule has 0 saturated heterocycles. The predicted octanol–water partition coefficient (Wildman–Crippen LogP) is 12.6. The summed E-state index contributed by atoms with van der Waals surface area (Å²) in [5.74, 6) is 0.270. The third-order valence-corrected chi connectivity index (χ3v) is 8.68. The quantitative estimate of drug-likeness (QED) is 0.193. The third-order valence-electron chi connectivity index (χ3n) is 8.68. The van der Waals surface area contributed by atoms with Crippen molar-refractivity contribution in [1.29, 1.82) is 0 Å². The molecular formula is C43H49N. The van der Waals surface area contributed by atoms with E-state index in [0.29, 0.717) is 0 Å². The second kappa shape index (κ2) is 12.1. The van der Waals surface area contributed by atoms with Gasteiger partial charge in [0.25, 0.3) is 0 Å². The summed E-state index contributed by atoms with van der Waals surface area (Å²) < 4.78 is 0. The van der Waals surface area contributed by atoms with Gasteiger partial charge in [0.05, 0.1) is 0 Å². The number of nitrogens with zero attached hydrogens (tertiary/aromatic N) is 1. The number of hydrogen-bond acceptors (Lipinski definition) is 1. The number of benzene rings is 5. The zero-order valence-electron chi connectivity index (χ0n) is 28.1. The molecule has 0 aliphatic carbocycles. The summed E-state index contributed by atoms with van der Waals surface area (Å²) in [6, 6.07) is 47.2. The maximum atomic E-state index is 2.38. The Labute approximate surface area is 266 Å². The summed E-state index contributed by atoms with van der Waals surface area (Å²) in [6.07, 6.45) is 0. The molecular weight excluding hydrogens is 530 g/mol. The molecule has 0 N–H and O–H groups in total. The second-order valence-corrected chi connectivity index (χ2v) is 15.3. The van der Waals surface area contributed by atoms with Crippen molar-refractivity contribution in [1.82, 2.24) is 0 Å². The summed E-state index contributed by atoms with van der Waals surface area (Å²) in [6.45, 7) is 20.6. The highest BCUT2D eigenvalue weighted by molar-refractivity contribution is 5.77. The molecule has 44 heavy (non-hydrogen) atoms. The SMILES string of the molecule is CC(C)(C)c1ccc(N(c2ccc(C(c3ccc(-c4ccccc4)cc3)C(C)(C)C)cc2)c2ccc(C(C)(C)C)cc2)cc1. The first-order chi connectivity index (χ1) is 20.7. The second-order valence-electron chi connectivity index (χ2n) is 15.3. The first-order valence-electron chi connectivity index (χ1n) is 16.0. The van der Waals surface area contributed by atoms with Crippen molar-refractivity contribution in [2.24, 2.45) is 5.41 Å². The molecule has 0 aromatic heterocycles. The first kappa shape index (κ1) is 31.3. The summed E-state index contributed by atoms with van der Waals surface area (Å²) in [5.41, 5.74) is 11.6. The Kier molecular flexibility index (Phi) is 8.63. The Balaban J connectivity index is 1.52. The monoisotopic (exact) mass is 579 g/mol. The van der Waals surface area contributed by atoms with Crippen LogP contribution in [0, 0.1) is 5.41 Å². The van der Waals surface area contributed by atoms with Crippen LogP contribution in [0.25, 0.3) is 11.1 Å². The fourth-order valence-electron chi connectivity index (χ4n) is 6.18. The number of hydrogen-bond donors (Lipinski definition) is 0. The van der Waals surface area contributed by atoms with Crippen molar-refractivity contribution < 1.29 is 0 Å². The van der Waals surface area contributed by atoms with Gasteiger partial charge in [-0.3, -0.25) is 0 Å². The summed E-state index contributed by atoms with van der Waals surface area (Å²) >= 11 is 0. The molecule has 0 amide bonds. The van der Waals surface area contributed by atoms with E-state index in [9.17, 15) is 0 Å². The number of anilines is 3. The minimum absolute atomic E-state index is 0.0566. The molecule has 1 heteroatoms. The van der Waals surface area contributed by atoms with Crippen molar-refractivity contribution in [3.63, 3.8) is 0 Å². The molecule has 1 unspecified atom stereocenters. The smallest absolute Gasteiger partial charge is 0.0461 e. The fraction of sp³-hybridized carbons (Fsp3) is 0.302. The van der Waals surface area contributed by atoms with Crippen LogP contribution in [0.1, 0.15) is 90.5 Å². The Morgan fingerprint density at radius 1 is 0.386 bits per heavy atom. The minimum Gasteiger partial charge on any atom is -0.311 e. The van der Waals surface area contributed by atoms with E-state index < -0.39 is 0 Å². The van der Waals surface area contributed by atoms with Crippen LogP contribution in [0.3, 0.4) is 0 Å². The Hall–Kier alpha value is -4.10. The zero-order chi connectivity index (χ0) is 31.7. The molecule has 0 fully saturated rings. The molecule has 1 nitrogen and oxygen atoms in total. The molecule has 5 aromatic rings. The van der Waals surface area contributed by atoms with E-state index in [1.165, 1.54) is 33.4 Å². The molecule has 0 aliphatic heterocycles. The van der Waals surface area contributed by atoms with Gasteiger partial charge in [-0.05, 0) is 86.0 Å². The normalized spacial score (nSPS) is 13.0. The van der Waals surface area contributed by atoms with Crippen molar-refractivity contribution in [2.75, 3.05) is 4.90 Å². The van der Waals surface area contributed by atoms with E-state index in [4.69, 9.17) is 0 Å². The molecule has 0 saturated carbocycles. The molecule has 1 atom stereocenters. The van der Waals surface area contributed by atoms with Crippen LogP contribution in [0.4, 0.5) is 17.1 Å². The van der Waals surface area contributed by atoms with Gasteiger partial charge in [-0.25, -0.2) is 0 Å². The van der Waals surface area contributed by atoms with Gasteiger partial charge in [-0.15, -0.1) is 0 Å². The van der Waals surface area contributed by atoms with Gasteiger partial charge in [0, 0.05) is 23.0 Å². The Morgan fingerprint density at radius 2 is 0.727 bits per heavy atom. The average molecular weight is 580 g/mol. The predicted molar refractivity (Wildman–Crippen MR) is 192 cm³/mol. The van der Waals surface area contributed by atoms with Crippen LogP contribution in [-0.2, 0) is 10.8 Å². The van der Waals surface area contributed by atoms with Crippen LogP contribution in [0.5, 0.6) is 0 Å². The average Bonchev–Trinajstić information content (AvgIpc) is 2.98. The summed E-state index contributed by atoms with van der Waals surface area (Å²) in [5, 5.41) is 0. The van der Waals surface area contributed by atoms with E-state index in [2.05, 4.69) is 195 Å². The Morgan fingerprint density at radius 3 is 1.09 bits per heavy atom. The number of rotatable bonds is 6. The van der Waals surface area contributed by atoms with Crippen LogP contribution in [0.2, 0.25) is 0 Å². The lowest BCUT2D eigenvalue weighted by Gasteiger charge is -2.33. The fourth-order valence-corrected chi connectivity index (χ4v) is 6.18. The van der Waals surface area contributed by atoms with Gasteiger partial charge in [-0.2, -0.15) is 0 Å². The van der Waals surface area contributed by atoms with Crippen molar-refractivity contribution >= 4 is 17.1 Å². The highest BCUT2D eigenvalue weighted by Gasteiger charge is 2.28. The van der Waals surface area contributed by atoms with Gasteiger partial charge >= 0.3 is 0 Å². The largest absolute Gasteiger partial charge is 0.311 e. The molecule has 0 heterocycles. The Bertz CT molecular complexity index is 1580. The molecule has 226 valence electrons. The minimum atomic E-state index is 0.0566. The molecule has 0 spiro atoms.